The van der Waals surface area contributed by atoms with Crippen LogP contribution in [0.25, 0.3) is 0 Å². The Morgan fingerprint density at radius 1 is 1.24 bits per heavy atom. The molecule has 12 heteroatoms. The number of amides is 3. The molecule has 4 aliphatic rings. The number of ether oxygens (including phenoxy) is 1. The highest BCUT2D eigenvalue weighted by molar-refractivity contribution is 6.47. The van der Waals surface area contributed by atoms with Crippen LogP contribution in [0.3, 0.4) is 0 Å². The second-order valence-electron chi connectivity index (χ2n) is 10.4. The normalized spacial score (nSPS) is 28.6. The Morgan fingerprint density at radius 2 is 1.97 bits per heavy atom. The number of carbonyl (C=O) groups is 3. The number of anilines is 1. The molecule has 37 heavy (non-hydrogen) atoms. The second-order valence-corrected chi connectivity index (χ2v) is 10.8. The number of carbonyl (C=O) groups excluding carboxylic acids is 3. The standard InChI is InChI=1S/C25H32ClFN6O4/c26-18-11-17(27)5-6-19(18)32-21(34)15-1-3-16(4-2-15)25(23(28)36)20(30-14-31-25)22(35)29-8-9-33-12-24(13-33)7-10-37-24/h5-6,11,15-16,31H,1-4,7-10,12-14H2,(H2,28,36)(H,29,35)(H,32,34). The molecule has 0 aromatic heterocycles. The zero-order valence-electron chi connectivity index (χ0n) is 20.5. The SMILES string of the molecule is NC(=O)C1(C2CCC(C(=O)Nc3ccc(F)cc3Cl)CC2)NCN=C1C(=O)NCCN1CC2(CCO2)C1. The maximum atomic E-state index is 13.3. The highest BCUT2D eigenvalue weighted by Crippen LogP contribution is 2.39. The highest BCUT2D eigenvalue weighted by atomic mass is 35.5. The van der Waals surface area contributed by atoms with Gasteiger partial charge >= 0.3 is 0 Å². The maximum absolute atomic E-state index is 13.3. The fourth-order valence-corrected chi connectivity index (χ4v) is 6.25. The number of benzene rings is 1. The van der Waals surface area contributed by atoms with E-state index in [4.69, 9.17) is 22.1 Å². The van der Waals surface area contributed by atoms with Gasteiger partial charge in [-0.1, -0.05) is 11.6 Å². The lowest BCUT2D eigenvalue weighted by Crippen LogP contribution is -2.69. The molecule has 3 fully saturated rings. The van der Waals surface area contributed by atoms with Crippen LogP contribution in [0.1, 0.15) is 32.1 Å². The van der Waals surface area contributed by atoms with Crippen molar-refractivity contribution in [2.75, 3.05) is 44.8 Å². The lowest BCUT2D eigenvalue weighted by Gasteiger charge is -2.55. The van der Waals surface area contributed by atoms with Crippen molar-refractivity contribution >= 4 is 40.7 Å². The minimum atomic E-state index is -1.37. The van der Waals surface area contributed by atoms with E-state index in [1.165, 1.54) is 12.1 Å². The molecule has 3 amide bonds. The molecule has 0 radical (unpaired) electrons. The first-order valence-corrected chi connectivity index (χ1v) is 13.1. The Labute approximate surface area is 219 Å². The van der Waals surface area contributed by atoms with Crippen LogP contribution in [0, 0.1) is 17.7 Å². The number of aliphatic imine (C=N–C) groups is 1. The summed E-state index contributed by atoms with van der Waals surface area (Å²) in [7, 11) is 0. The topological polar surface area (TPSA) is 138 Å². The molecule has 0 bridgehead atoms. The average molecular weight is 535 g/mol. The molecular formula is C25H32ClFN6O4. The Balaban J connectivity index is 1.16. The molecule has 1 aliphatic carbocycles. The summed E-state index contributed by atoms with van der Waals surface area (Å²) in [5.74, 6) is -2.32. The van der Waals surface area contributed by atoms with Gasteiger partial charge in [0.15, 0.2) is 0 Å². The Bertz CT molecular complexity index is 1110. The van der Waals surface area contributed by atoms with Gasteiger partial charge in [0.1, 0.15) is 17.1 Å². The summed E-state index contributed by atoms with van der Waals surface area (Å²) < 4.78 is 18.9. The van der Waals surface area contributed by atoms with Crippen LogP contribution < -0.4 is 21.7 Å². The molecule has 2 saturated heterocycles. The van der Waals surface area contributed by atoms with E-state index in [0.717, 1.165) is 32.2 Å². The number of hydrogen-bond donors (Lipinski definition) is 4. The number of nitrogens with two attached hydrogens (primary N) is 1. The van der Waals surface area contributed by atoms with Crippen molar-refractivity contribution < 1.29 is 23.5 Å². The lowest BCUT2D eigenvalue weighted by atomic mass is 9.69. The number of nitrogens with one attached hydrogen (secondary N) is 3. The Kier molecular flexibility index (Phi) is 7.23. The molecular weight excluding hydrogens is 503 g/mol. The van der Waals surface area contributed by atoms with Gasteiger partial charge in [0.2, 0.25) is 11.8 Å². The highest BCUT2D eigenvalue weighted by Gasteiger charge is 2.54. The van der Waals surface area contributed by atoms with Gasteiger partial charge in [-0.05, 0) is 49.8 Å². The van der Waals surface area contributed by atoms with E-state index >= 15 is 0 Å². The third kappa shape index (κ3) is 4.97. The van der Waals surface area contributed by atoms with E-state index in [-0.39, 0.29) is 40.7 Å². The largest absolute Gasteiger partial charge is 0.372 e. The van der Waals surface area contributed by atoms with Crippen LogP contribution in [0.2, 0.25) is 5.02 Å². The predicted molar refractivity (Wildman–Crippen MR) is 136 cm³/mol. The van der Waals surface area contributed by atoms with Crippen LogP contribution >= 0.6 is 11.6 Å². The van der Waals surface area contributed by atoms with Crippen LogP contribution in [0.4, 0.5) is 10.1 Å². The number of rotatable bonds is 8. The van der Waals surface area contributed by atoms with Crippen molar-refractivity contribution in [3.8, 4) is 0 Å². The monoisotopic (exact) mass is 534 g/mol. The van der Waals surface area contributed by atoms with E-state index < -0.39 is 23.2 Å². The van der Waals surface area contributed by atoms with Gasteiger partial charge < -0.3 is 21.1 Å². The van der Waals surface area contributed by atoms with Gasteiger partial charge in [-0.3, -0.25) is 29.6 Å². The van der Waals surface area contributed by atoms with E-state index in [2.05, 4.69) is 25.8 Å². The molecule has 1 aromatic rings. The number of hydrogen-bond acceptors (Lipinski definition) is 7. The van der Waals surface area contributed by atoms with Crippen LogP contribution in [-0.2, 0) is 19.1 Å². The molecule has 1 atom stereocenters. The van der Waals surface area contributed by atoms with Crippen LogP contribution in [0.5, 0.6) is 0 Å². The van der Waals surface area contributed by atoms with Gasteiger partial charge in [0.05, 0.1) is 29.6 Å². The Morgan fingerprint density at radius 3 is 2.59 bits per heavy atom. The van der Waals surface area contributed by atoms with Gasteiger partial charge in [0.25, 0.3) is 5.91 Å². The number of primary amides is 1. The van der Waals surface area contributed by atoms with Crippen LogP contribution in [-0.4, -0.2) is 78.9 Å². The molecule has 5 N–H and O–H groups in total. The van der Waals surface area contributed by atoms with Crippen molar-refractivity contribution in [2.24, 2.45) is 22.6 Å². The smallest absolute Gasteiger partial charge is 0.267 e. The van der Waals surface area contributed by atoms with Crippen molar-refractivity contribution in [3.05, 3.63) is 29.0 Å². The summed E-state index contributed by atoms with van der Waals surface area (Å²) in [6, 6.07) is 3.80. The first-order chi connectivity index (χ1) is 17.7. The first-order valence-electron chi connectivity index (χ1n) is 12.7. The molecule has 1 unspecified atom stereocenters. The lowest BCUT2D eigenvalue weighted by molar-refractivity contribution is -0.220. The molecule has 5 rings (SSSR count). The van der Waals surface area contributed by atoms with Gasteiger partial charge in [-0.15, -0.1) is 0 Å². The zero-order chi connectivity index (χ0) is 26.2. The maximum Gasteiger partial charge on any atom is 0.267 e. The molecule has 1 aromatic carbocycles. The average Bonchev–Trinajstić information content (AvgIpc) is 3.27. The minimum absolute atomic E-state index is 0.0333. The molecule has 3 heterocycles. The summed E-state index contributed by atoms with van der Waals surface area (Å²) >= 11 is 6.03. The van der Waals surface area contributed by atoms with Crippen LogP contribution in [0.15, 0.2) is 23.2 Å². The van der Waals surface area contributed by atoms with E-state index in [1.54, 1.807) is 0 Å². The quantitative estimate of drug-likeness (QED) is 0.393. The van der Waals surface area contributed by atoms with E-state index in [9.17, 15) is 18.8 Å². The second kappa shape index (κ2) is 10.3. The number of halogens is 2. The summed E-state index contributed by atoms with van der Waals surface area (Å²) in [6.45, 7) is 3.82. The fourth-order valence-electron chi connectivity index (χ4n) is 6.04. The van der Waals surface area contributed by atoms with E-state index in [0.29, 0.717) is 44.5 Å². The summed E-state index contributed by atoms with van der Waals surface area (Å²) in [5.41, 5.74) is 5.00. The number of nitrogens with zero attached hydrogens (tertiary/aromatic N) is 2. The van der Waals surface area contributed by atoms with E-state index in [1.807, 2.05) is 0 Å². The molecule has 1 saturated carbocycles. The zero-order valence-corrected chi connectivity index (χ0v) is 21.3. The first kappa shape index (κ1) is 26.0. The Hall–Kier alpha value is -2.60. The predicted octanol–water partition coefficient (Wildman–Crippen LogP) is 1.04. The summed E-state index contributed by atoms with van der Waals surface area (Å²) in [4.78, 5) is 45.2. The van der Waals surface area contributed by atoms with Gasteiger partial charge in [0, 0.05) is 38.5 Å². The van der Waals surface area contributed by atoms with Gasteiger partial charge in [-0.2, -0.15) is 0 Å². The molecule has 1 spiro atoms. The molecule has 200 valence electrons. The molecule has 10 nitrogen and oxygen atoms in total. The van der Waals surface area contributed by atoms with Crippen molar-refractivity contribution in [3.63, 3.8) is 0 Å². The van der Waals surface area contributed by atoms with Crippen molar-refractivity contribution in [1.29, 1.82) is 0 Å². The molecule has 3 aliphatic heterocycles. The summed E-state index contributed by atoms with van der Waals surface area (Å²) in [6.07, 6.45) is 3.10. The van der Waals surface area contributed by atoms with Crippen molar-refractivity contribution in [1.82, 2.24) is 15.5 Å². The number of likely N-dealkylation sites (tertiary alicyclic amines) is 1. The summed E-state index contributed by atoms with van der Waals surface area (Å²) in [5, 5.41) is 8.88. The third-order valence-corrected chi connectivity index (χ3v) is 8.49. The fraction of sp³-hybridized carbons (Fsp3) is 0.600. The van der Waals surface area contributed by atoms with Crippen molar-refractivity contribution in [2.45, 2.75) is 43.2 Å². The minimum Gasteiger partial charge on any atom is -0.372 e. The van der Waals surface area contributed by atoms with Gasteiger partial charge in [-0.25, -0.2) is 4.39 Å². The third-order valence-electron chi connectivity index (χ3n) is 8.17.